The first-order valence-electron chi connectivity index (χ1n) is 8.85. The van der Waals surface area contributed by atoms with E-state index < -0.39 is 17.4 Å². The van der Waals surface area contributed by atoms with Gasteiger partial charge in [-0.05, 0) is 42.0 Å². The fourth-order valence-electron chi connectivity index (χ4n) is 2.97. The topological polar surface area (TPSA) is 125 Å². The predicted octanol–water partition coefficient (Wildman–Crippen LogP) is 3.52. The molecule has 0 aliphatic carbocycles. The van der Waals surface area contributed by atoms with E-state index in [-0.39, 0.29) is 17.9 Å². The van der Waals surface area contributed by atoms with Crippen molar-refractivity contribution in [1.29, 1.82) is 0 Å². The number of benzene rings is 2. The van der Waals surface area contributed by atoms with Gasteiger partial charge in [0, 0.05) is 29.2 Å². The summed E-state index contributed by atoms with van der Waals surface area (Å²) in [6.07, 6.45) is 3.41. The van der Waals surface area contributed by atoms with Gasteiger partial charge in [-0.1, -0.05) is 0 Å². The number of fused-ring (bicyclic) bond motifs is 1. The van der Waals surface area contributed by atoms with Crippen LogP contribution in [0.5, 0.6) is 17.2 Å². The van der Waals surface area contributed by atoms with Gasteiger partial charge in [0.15, 0.2) is 11.5 Å². The van der Waals surface area contributed by atoms with Crippen molar-refractivity contribution in [1.82, 2.24) is 9.97 Å². The van der Waals surface area contributed by atoms with E-state index in [4.69, 9.17) is 4.74 Å². The first kappa shape index (κ1) is 19.6. The van der Waals surface area contributed by atoms with Crippen LogP contribution in [0, 0.1) is 0 Å². The Morgan fingerprint density at radius 2 is 2.03 bits per heavy atom. The van der Waals surface area contributed by atoms with Crippen LogP contribution in [0.3, 0.4) is 0 Å². The maximum absolute atomic E-state index is 12.7. The molecule has 0 aliphatic rings. The van der Waals surface area contributed by atoms with Crippen LogP contribution in [0.1, 0.15) is 15.9 Å². The Morgan fingerprint density at radius 1 is 1.20 bits per heavy atom. The smallest absolute Gasteiger partial charge is 0.255 e. The van der Waals surface area contributed by atoms with Crippen molar-refractivity contribution in [2.45, 2.75) is 6.61 Å². The van der Waals surface area contributed by atoms with Crippen LogP contribution in [-0.4, -0.2) is 38.3 Å². The van der Waals surface area contributed by atoms with Crippen LogP contribution in [0.25, 0.3) is 20.8 Å². The van der Waals surface area contributed by atoms with Gasteiger partial charge in [-0.25, -0.2) is 4.98 Å². The van der Waals surface area contributed by atoms with E-state index in [1.807, 2.05) is 6.07 Å². The molecule has 4 N–H and O–H groups in total. The summed E-state index contributed by atoms with van der Waals surface area (Å²) >= 11 is 1.46. The van der Waals surface area contributed by atoms with Gasteiger partial charge in [0.25, 0.3) is 5.91 Å². The molecule has 0 atom stereocenters. The van der Waals surface area contributed by atoms with E-state index in [9.17, 15) is 20.1 Å². The minimum absolute atomic E-state index is 0.0203. The molecule has 0 radical (unpaired) electrons. The van der Waals surface area contributed by atoms with Gasteiger partial charge >= 0.3 is 0 Å². The highest BCUT2D eigenvalue weighted by Crippen LogP contribution is 2.37. The van der Waals surface area contributed by atoms with E-state index >= 15 is 0 Å². The summed E-state index contributed by atoms with van der Waals surface area (Å²) in [6, 6.07) is 9.48. The standard InChI is InChI=1S/C21H17N3O5S/c1-29-17-8-12(7-16(26)19(17)27)20(28)23-14-5-11(10-25)4-13(6-14)21-24-15-2-3-22-9-18(15)30-21/h2-9,25-27H,10H2,1H3,(H,23,28). The number of phenols is 2. The molecule has 0 spiro atoms. The molecule has 4 rings (SSSR count). The van der Waals surface area contributed by atoms with E-state index in [1.54, 1.807) is 30.6 Å². The Balaban J connectivity index is 1.68. The van der Waals surface area contributed by atoms with Crippen molar-refractivity contribution in [2.24, 2.45) is 0 Å². The molecule has 0 bridgehead atoms. The number of carbonyl (C=O) groups excluding carboxylic acids is 1. The molecule has 0 saturated heterocycles. The molecular weight excluding hydrogens is 406 g/mol. The lowest BCUT2D eigenvalue weighted by Crippen LogP contribution is -2.12. The summed E-state index contributed by atoms with van der Waals surface area (Å²) in [6.45, 7) is -0.211. The van der Waals surface area contributed by atoms with Crippen LogP contribution >= 0.6 is 11.3 Å². The van der Waals surface area contributed by atoms with Crippen molar-refractivity contribution >= 4 is 33.1 Å². The van der Waals surface area contributed by atoms with Crippen LogP contribution in [0.15, 0.2) is 48.8 Å². The van der Waals surface area contributed by atoms with Crippen LogP contribution in [0.2, 0.25) is 0 Å². The zero-order valence-electron chi connectivity index (χ0n) is 15.8. The number of nitrogens with zero attached hydrogens (tertiary/aromatic N) is 2. The van der Waals surface area contributed by atoms with E-state index in [0.29, 0.717) is 11.3 Å². The Hall–Kier alpha value is -3.69. The fourth-order valence-corrected chi connectivity index (χ4v) is 3.89. The molecule has 0 fully saturated rings. The van der Waals surface area contributed by atoms with Gasteiger partial charge in [-0.15, -0.1) is 11.3 Å². The summed E-state index contributed by atoms with van der Waals surface area (Å²) in [5.74, 6) is -1.44. The van der Waals surface area contributed by atoms with Crippen LogP contribution in [0.4, 0.5) is 5.69 Å². The number of phenolic OH excluding ortho intramolecular Hbond substituents is 2. The van der Waals surface area contributed by atoms with Crippen molar-refractivity contribution in [3.63, 3.8) is 0 Å². The molecule has 0 unspecified atom stereocenters. The molecule has 152 valence electrons. The Kier molecular flexibility index (Phi) is 5.21. The molecule has 30 heavy (non-hydrogen) atoms. The van der Waals surface area contributed by atoms with Crippen molar-refractivity contribution in [3.8, 4) is 27.8 Å². The van der Waals surface area contributed by atoms with Crippen molar-refractivity contribution in [2.75, 3.05) is 12.4 Å². The normalized spacial score (nSPS) is 10.9. The minimum Gasteiger partial charge on any atom is -0.504 e. The number of amides is 1. The molecule has 2 heterocycles. The van der Waals surface area contributed by atoms with Gasteiger partial charge in [0.05, 0.1) is 23.9 Å². The molecule has 2 aromatic heterocycles. The number of rotatable bonds is 5. The second-order valence-corrected chi connectivity index (χ2v) is 7.47. The molecule has 0 saturated carbocycles. The van der Waals surface area contributed by atoms with E-state index in [2.05, 4.69) is 15.3 Å². The van der Waals surface area contributed by atoms with Crippen molar-refractivity contribution < 1.29 is 24.9 Å². The first-order chi connectivity index (χ1) is 14.5. The van der Waals surface area contributed by atoms with Gasteiger partial charge in [-0.2, -0.15) is 0 Å². The Labute approximate surface area is 175 Å². The van der Waals surface area contributed by atoms with Crippen LogP contribution < -0.4 is 10.1 Å². The number of pyridine rings is 1. The third-order valence-corrected chi connectivity index (χ3v) is 5.46. The zero-order valence-corrected chi connectivity index (χ0v) is 16.6. The van der Waals surface area contributed by atoms with Crippen molar-refractivity contribution in [3.05, 3.63) is 59.9 Å². The average molecular weight is 423 g/mol. The van der Waals surface area contributed by atoms with Gasteiger partial charge in [-0.3, -0.25) is 9.78 Å². The molecule has 9 heteroatoms. The SMILES string of the molecule is COc1cc(C(=O)Nc2cc(CO)cc(-c3nc4ccncc4s3)c2)cc(O)c1O. The summed E-state index contributed by atoms with van der Waals surface area (Å²) in [5, 5.41) is 32.7. The number of hydrogen-bond donors (Lipinski definition) is 4. The fraction of sp³-hybridized carbons (Fsp3) is 0.0952. The number of thiazole rings is 1. The lowest BCUT2D eigenvalue weighted by Gasteiger charge is -2.11. The third kappa shape index (κ3) is 3.76. The summed E-state index contributed by atoms with van der Waals surface area (Å²) < 4.78 is 5.90. The molecule has 2 aromatic carbocycles. The van der Waals surface area contributed by atoms with E-state index in [1.165, 1.54) is 24.5 Å². The van der Waals surface area contributed by atoms with E-state index in [0.717, 1.165) is 26.9 Å². The predicted molar refractivity (Wildman–Crippen MR) is 113 cm³/mol. The number of aromatic hydroxyl groups is 2. The number of aliphatic hydroxyl groups excluding tert-OH is 1. The number of nitrogens with one attached hydrogen (secondary N) is 1. The average Bonchev–Trinajstić information content (AvgIpc) is 3.19. The lowest BCUT2D eigenvalue weighted by atomic mass is 10.1. The molecule has 8 nitrogen and oxygen atoms in total. The second kappa shape index (κ2) is 7.97. The molecule has 1 amide bonds. The maximum Gasteiger partial charge on any atom is 0.255 e. The number of methoxy groups -OCH3 is 1. The number of aliphatic hydroxyl groups is 1. The summed E-state index contributed by atoms with van der Waals surface area (Å²) in [7, 11) is 1.32. The maximum atomic E-state index is 12.7. The summed E-state index contributed by atoms with van der Waals surface area (Å²) in [5.41, 5.74) is 2.71. The number of anilines is 1. The summed E-state index contributed by atoms with van der Waals surface area (Å²) in [4.78, 5) is 21.4. The number of hydrogen-bond acceptors (Lipinski definition) is 8. The quantitative estimate of drug-likeness (QED) is 0.362. The third-order valence-electron chi connectivity index (χ3n) is 4.41. The van der Waals surface area contributed by atoms with Crippen LogP contribution in [-0.2, 0) is 6.61 Å². The minimum atomic E-state index is -0.516. The highest BCUT2D eigenvalue weighted by molar-refractivity contribution is 7.21. The second-order valence-electron chi connectivity index (χ2n) is 6.44. The Bertz CT molecular complexity index is 1220. The highest BCUT2D eigenvalue weighted by atomic mass is 32.1. The van der Waals surface area contributed by atoms with Gasteiger partial charge in [0.2, 0.25) is 5.75 Å². The lowest BCUT2D eigenvalue weighted by molar-refractivity contribution is 0.102. The monoisotopic (exact) mass is 423 g/mol. The number of ether oxygens (including phenoxy) is 1. The van der Waals surface area contributed by atoms with Gasteiger partial charge < -0.3 is 25.4 Å². The first-order valence-corrected chi connectivity index (χ1v) is 9.67. The molecule has 4 aromatic rings. The molecule has 0 aliphatic heterocycles. The molecular formula is C21H17N3O5S. The zero-order chi connectivity index (χ0) is 21.3. The largest absolute Gasteiger partial charge is 0.504 e. The van der Waals surface area contributed by atoms with Gasteiger partial charge in [0.1, 0.15) is 5.01 Å². The Morgan fingerprint density at radius 3 is 2.77 bits per heavy atom. The number of aromatic nitrogens is 2. The number of carbonyl (C=O) groups is 1. The highest BCUT2D eigenvalue weighted by Gasteiger charge is 2.16.